The molecule has 1 aliphatic rings. The van der Waals surface area contributed by atoms with E-state index >= 15 is 0 Å². The number of nitrogens with zero attached hydrogens (tertiary/aromatic N) is 3. The van der Waals surface area contributed by atoms with Crippen LogP contribution in [0.1, 0.15) is 49.4 Å². The number of rotatable bonds is 4. The first-order valence-electron chi connectivity index (χ1n) is 7.50. The van der Waals surface area contributed by atoms with Crippen molar-refractivity contribution in [1.29, 1.82) is 0 Å². The number of hydrogen-bond donors (Lipinski definition) is 0. The predicted octanol–water partition coefficient (Wildman–Crippen LogP) is 4.81. The highest BCUT2D eigenvalue weighted by molar-refractivity contribution is 7.98. The van der Waals surface area contributed by atoms with Gasteiger partial charge in [-0.3, -0.25) is 0 Å². The standard InChI is InChI=1S/C16H20ClN3S/c1-20-15(13-7-3-2-4-8-13)18-19-16(20)21-11-12-6-5-9-14(17)10-12/h5-6,9-10,13H,2-4,7-8,11H2,1H3. The quantitative estimate of drug-likeness (QED) is 0.757. The number of benzene rings is 1. The van der Waals surface area contributed by atoms with Crippen LogP contribution in [0.2, 0.25) is 5.02 Å². The lowest BCUT2D eigenvalue weighted by atomic mass is 9.89. The molecule has 1 aromatic heterocycles. The molecule has 1 saturated carbocycles. The Morgan fingerprint density at radius 2 is 2.05 bits per heavy atom. The highest BCUT2D eigenvalue weighted by Crippen LogP contribution is 2.33. The van der Waals surface area contributed by atoms with Gasteiger partial charge in [0.15, 0.2) is 5.16 Å². The molecule has 5 heteroatoms. The molecule has 0 aliphatic heterocycles. The maximum absolute atomic E-state index is 6.02. The van der Waals surface area contributed by atoms with Crippen LogP contribution in [0.25, 0.3) is 0 Å². The molecule has 0 amide bonds. The Morgan fingerprint density at radius 3 is 2.81 bits per heavy atom. The number of thioether (sulfide) groups is 1. The van der Waals surface area contributed by atoms with Crippen LogP contribution in [-0.2, 0) is 12.8 Å². The Morgan fingerprint density at radius 1 is 1.24 bits per heavy atom. The molecule has 0 radical (unpaired) electrons. The van der Waals surface area contributed by atoms with Gasteiger partial charge >= 0.3 is 0 Å². The molecule has 2 aromatic rings. The first kappa shape index (κ1) is 14.9. The Hall–Kier alpha value is -1.00. The van der Waals surface area contributed by atoms with E-state index in [9.17, 15) is 0 Å². The number of aromatic nitrogens is 3. The minimum absolute atomic E-state index is 0.594. The average Bonchev–Trinajstić information content (AvgIpc) is 2.87. The van der Waals surface area contributed by atoms with E-state index in [4.69, 9.17) is 11.6 Å². The molecule has 0 atom stereocenters. The zero-order valence-electron chi connectivity index (χ0n) is 12.3. The lowest BCUT2D eigenvalue weighted by Gasteiger charge is -2.20. The molecule has 3 nitrogen and oxygen atoms in total. The van der Waals surface area contributed by atoms with Crippen LogP contribution in [0.4, 0.5) is 0 Å². The van der Waals surface area contributed by atoms with Crippen LogP contribution in [-0.4, -0.2) is 14.8 Å². The van der Waals surface area contributed by atoms with Crippen LogP contribution in [0.3, 0.4) is 0 Å². The van der Waals surface area contributed by atoms with Gasteiger partial charge in [0.1, 0.15) is 5.82 Å². The normalized spacial score (nSPS) is 16.3. The van der Waals surface area contributed by atoms with Crippen LogP contribution in [0.15, 0.2) is 29.4 Å². The zero-order chi connectivity index (χ0) is 14.7. The predicted molar refractivity (Wildman–Crippen MR) is 87.8 cm³/mol. The van der Waals surface area contributed by atoms with Gasteiger partial charge in [0.25, 0.3) is 0 Å². The lowest BCUT2D eigenvalue weighted by molar-refractivity contribution is 0.418. The molecule has 1 aliphatic carbocycles. The van der Waals surface area contributed by atoms with Crippen molar-refractivity contribution in [2.45, 2.75) is 48.9 Å². The number of halogens is 1. The van der Waals surface area contributed by atoms with Crippen LogP contribution >= 0.6 is 23.4 Å². The van der Waals surface area contributed by atoms with Gasteiger partial charge in [-0.1, -0.05) is 54.8 Å². The van der Waals surface area contributed by atoms with Crippen LogP contribution in [0.5, 0.6) is 0 Å². The molecular formula is C16H20ClN3S. The molecule has 112 valence electrons. The summed E-state index contributed by atoms with van der Waals surface area (Å²) < 4.78 is 2.17. The maximum Gasteiger partial charge on any atom is 0.191 e. The van der Waals surface area contributed by atoms with E-state index in [1.165, 1.54) is 37.7 Å². The van der Waals surface area contributed by atoms with E-state index in [0.29, 0.717) is 5.92 Å². The highest BCUT2D eigenvalue weighted by Gasteiger charge is 2.21. The van der Waals surface area contributed by atoms with Gasteiger partial charge in [-0.05, 0) is 30.5 Å². The molecule has 0 unspecified atom stereocenters. The maximum atomic E-state index is 6.02. The van der Waals surface area contributed by atoms with E-state index < -0.39 is 0 Å². The molecule has 1 fully saturated rings. The monoisotopic (exact) mass is 321 g/mol. The Balaban J connectivity index is 1.67. The zero-order valence-corrected chi connectivity index (χ0v) is 13.8. The Kier molecular flexibility index (Phi) is 4.86. The first-order chi connectivity index (χ1) is 10.2. The summed E-state index contributed by atoms with van der Waals surface area (Å²) in [6, 6.07) is 7.99. The molecule has 3 rings (SSSR count). The summed E-state index contributed by atoms with van der Waals surface area (Å²) in [5.41, 5.74) is 1.22. The summed E-state index contributed by atoms with van der Waals surface area (Å²) in [5.74, 6) is 2.62. The largest absolute Gasteiger partial charge is 0.309 e. The van der Waals surface area contributed by atoms with Crippen molar-refractivity contribution in [1.82, 2.24) is 14.8 Å². The average molecular weight is 322 g/mol. The highest BCUT2D eigenvalue weighted by atomic mass is 35.5. The molecule has 0 N–H and O–H groups in total. The van der Waals surface area contributed by atoms with E-state index in [-0.39, 0.29) is 0 Å². The molecule has 21 heavy (non-hydrogen) atoms. The summed E-state index contributed by atoms with van der Waals surface area (Å²) in [7, 11) is 2.09. The second kappa shape index (κ2) is 6.84. The van der Waals surface area contributed by atoms with Gasteiger partial charge in [-0.2, -0.15) is 0 Å². The van der Waals surface area contributed by atoms with Crippen molar-refractivity contribution in [2.75, 3.05) is 0 Å². The second-order valence-corrected chi connectivity index (χ2v) is 7.03. The summed E-state index contributed by atoms with van der Waals surface area (Å²) in [6.07, 6.45) is 6.52. The minimum atomic E-state index is 0.594. The fourth-order valence-electron chi connectivity index (χ4n) is 2.94. The van der Waals surface area contributed by atoms with Crippen molar-refractivity contribution in [3.63, 3.8) is 0 Å². The van der Waals surface area contributed by atoms with Crippen LogP contribution < -0.4 is 0 Å². The van der Waals surface area contributed by atoms with Gasteiger partial charge in [-0.25, -0.2) is 0 Å². The van der Waals surface area contributed by atoms with Crippen molar-refractivity contribution >= 4 is 23.4 Å². The van der Waals surface area contributed by atoms with E-state index in [1.807, 2.05) is 18.2 Å². The third-order valence-corrected chi connectivity index (χ3v) is 5.42. The van der Waals surface area contributed by atoms with E-state index in [2.05, 4.69) is 27.9 Å². The SMILES string of the molecule is Cn1c(SCc2cccc(Cl)c2)nnc1C1CCCCC1. The summed E-state index contributed by atoms with van der Waals surface area (Å²) in [4.78, 5) is 0. The van der Waals surface area contributed by atoms with Gasteiger partial charge in [0.05, 0.1) is 0 Å². The van der Waals surface area contributed by atoms with E-state index in [1.54, 1.807) is 11.8 Å². The number of hydrogen-bond acceptors (Lipinski definition) is 3. The second-order valence-electron chi connectivity index (χ2n) is 5.65. The van der Waals surface area contributed by atoms with Crippen LogP contribution in [0, 0.1) is 0 Å². The van der Waals surface area contributed by atoms with Crippen molar-refractivity contribution in [3.8, 4) is 0 Å². The summed E-state index contributed by atoms with van der Waals surface area (Å²) in [5, 5.41) is 10.6. The smallest absolute Gasteiger partial charge is 0.191 e. The molecule has 1 aromatic carbocycles. The molecule has 1 heterocycles. The first-order valence-corrected chi connectivity index (χ1v) is 8.87. The summed E-state index contributed by atoms with van der Waals surface area (Å²) >= 11 is 7.75. The third kappa shape index (κ3) is 3.61. The van der Waals surface area contributed by atoms with Gasteiger partial charge in [0.2, 0.25) is 0 Å². The molecule has 0 saturated heterocycles. The van der Waals surface area contributed by atoms with Crippen molar-refractivity contribution in [3.05, 3.63) is 40.7 Å². The summed E-state index contributed by atoms with van der Waals surface area (Å²) in [6.45, 7) is 0. The van der Waals surface area contributed by atoms with Crippen molar-refractivity contribution < 1.29 is 0 Å². The lowest BCUT2D eigenvalue weighted by Crippen LogP contribution is -2.10. The van der Waals surface area contributed by atoms with Crippen molar-refractivity contribution in [2.24, 2.45) is 7.05 Å². The van der Waals surface area contributed by atoms with E-state index in [0.717, 1.165) is 21.8 Å². The Bertz CT molecular complexity index is 605. The van der Waals surface area contributed by atoms with Gasteiger partial charge in [0, 0.05) is 23.7 Å². The third-order valence-electron chi connectivity index (χ3n) is 4.10. The van der Waals surface area contributed by atoms with Gasteiger partial charge in [-0.15, -0.1) is 10.2 Å². The molecular weight excluding hydrogens is 302 g/mol. The minimum Gasteiger partial charge on any atom is -0.309 e. The topological polar surface area (TPSA) is 30.7 Å². The van der Waals surface area contributed by atoms with Gasteiger partial charge < -0.3 is 4.57 Å². The molecule has 0 spiro atoms. The fraction of sp³-hybridized carbons (Fsp3) is 0.500. The Labute approximate surface area is 135 Å². The molecule has 0 bridgehead atoms. The fourth-order valence-corrected chi connectivity index (χ4v) is 4.02.